The molecule has 0 atom stereocenters. The van der Waals surface area contributed by atoms with E-state index in [2.05, 4.69) is 13.2 Å². The fourth-order valence-corrected chi connectivity index (χ4v) is 0.949. The van der Waals surface area contributed by atoms with E-state index in [0.717, 1.165) is 0 Å². The van der Waals surface area contributed by atoms with Crippen LogP contribution in [0.1, 0.15) is 20.8 Å². The molecule has 0 aromatic rings. The van der Waals surface area contributed by atoms with Crippen molar-refractivity contribution in [3.8, 4) is 0 Å². The zero-order chi connectivity index (χ0) is 14.0. The lowest BCUT2D eigenvalue weighted by atomic mass is 10.2. The molecule has 0 aliphatic carbocycles. The molecule has 18 heavy (non-hydrogen) atoms. The Hall–Kier alpha value is -2.09. The summed E-state index contributed by atoms with van der Waals surface area (Å²) in [4.78, 5) is 11.0. The van der Waals surface area contributed by atoms with Crippen molar-refractivity contribution in [1.82, 2.24) is 0 Å². The third kappa shape index (κ3) is 7.23. The lowest BCUT2D eigenvalue weighted by Gasteiger charge is -2.05. The van der Waals surface area contributed by atoms with E-state index in [9.17, 15) is 4.79 Å². The lowest BCUT2D eigenvalue weighted by molar-refractivity contribution is -0.113. The highest BCUT2D eigenvalue weighted by molar-refractivity contribution is 5.95. The average Bonchev–Trinajstić information content (AvgIpc) is 2.34. The molecule has 0 unspecified atom stereocenters. The molecule has 0 heterocycles. The first-order valence-electron chi connectivity index (χ1n) is 5.71. The Labute approximate surface area is 109 Å². The molecule has 0 fully saturated rings. The molecular weight excluding hydrogens is 224 g/mol. The van der Waals surface area contributed by atoms with Gasteiger partial charge >= 0.3 is 0 Å². The number of carbonyl (C=O) groups is 1. The van der Waals surface area contributed by atoms with Crippen molar-refractivity contribution < 1.29 is 9.53 Å². The summed E-state index contributed by atoms with van der Waals surface area (Å²) in [5.41, 5.74) is 0.438. The molecule has 0 radical (unpaired) electrons. The van der Waals surface area contributed by atoms with Gasteiger partial charge in [-0.15, -0.1) is 0 Å². The fourth-order valence-electron chi connectivity index (χ4n) is 0.949. The van der Waals surface area contributed by atoms with Crippen LogP contribution in [-0.2, 0) is 9.53 Å². The predicted molar refractivity (Wildman–Crippen MR) is 76.9 cm³/mol. The van der Waals surface area contributed by atoms with Crippen molar-refractivity contribution in [2.24, 2.45) is 0 Å². The normalized spacial score (nSPS) is 12.5. The molecule has 96 valence electrons. The van der Waals surface area contributed by atoms with Gasteiger partial charge in [0, 0.05) is 5.57 Å². The molecule has 0 aliphatic heterocycles. The van der Waals surface area contributed by atoms with E-state index in [-0.39, 0.29) is 5.78 Å². The number of Topliss-reactive ketones (excluding diaryl/α,β-unsaturated/α-hetero) is 1. The summed E-state index contributed by atoms with van der Waals surface area (Å²) in [7, 11) is 0. The highest BCUT2D eigenvalue weighted by Gasteiger charge is 1.97. The van der Waals surface area contributed by atoms with Crippen molar-refractivity contribution in [2.45, 2.75) is 20.8 Å². The van der Waals surface area contributed by atoms with Gasteiger partial charge in [0.15, 0.2) is 5.78 Å². The highest BCUT2D eigenvalue weighted by Crippen LogP contribution is 2.09. The first-order valence-corrected chi connectivity index (χ1v) is 5.71. The van der Waals surface area contributed by atoms with Gasteiger partial charge in [-0.1, -0.05) is 31.4 Å². The Bertz CT molecular complexity index is 432. The van der Waals surface area contributed by atoms with E-state index >= 15 is 0 Å². The molecule has 0 saturated heterocycles. The van der Waals surface area contributed by atoms with Gasteiger partial charge < -0.3 is 4.74 Å². The Morgan fingerprint density at radius 3 is 2.22 bits per heavy atom. The smallest absolute Gasteiger partial charge is 0.159 e. The van der Waals surface area contributed by atoms with E-state index in [1.165, 1.54) is 6.92 Å². The van der Waals surface area contributed by atoms with E-state index in [0.29, 0.717) is 17.1 Å². The van der Waals surface area contributed by atoms with Crippen LogP contribution in [-0.4, -0.2) is 5.78 Å². The zero-order valence-electron chi connectivity index (χ0n) is 11.3. The molecule has 0 N–H and O–H groups in total. The van der Waals surface area contributed by atoms with Crippen LogP contribution in [0.25, 0.3) is 0 Å². The molecule has 0 rings (SSSR count). The van der Waals surface area contributed by atoms with Crippen LogP contribution in [0.3, 0.4) is 0 Å². The maximum Gasteiger partial charge on any atom is 0.159 e. The van der Waals surface area contributed by atoms with E-state index < -0.39 is 0 Å². The van der Waals surface area contributed by atoms with E-state index in [1.807, 2.05) is 32.1 Å². The van der Waals surface area contributed by atoms with Gasteiger partial charge in [-0.2, -0.15) is 0 Å². The summed E-state index contributed by atoms with van der Waals surface area (Å²) in [5, 5.41) is 0. The molecule has 0 aliphatic rings. The molecule has 0 amide bonds. The second-order valence-corrected chi connectivity index (χ2v) is 3.56. The number of rotatable bonds is 7. The molecule has 0 aromatic heterocycles. The van der Waals surface area contributed by atoms with Crippen molar-refractivity contribution in [3.05, 3.63) is 72.8 Å². The molecule has 0 saturated carbocycles. The summed E-state index contributed by atoms with van der Waals surface area (Å²) in [6, 6.07) is 0. The molecule has 2 nitrogen and oxygen atoms in total. The van der Waals surface area contributed by atoms with Crippen LogP contribution in [0, 0.1) is 0 Å². The van der Waals surface area contributed by atoms with Crippen molar-refractivity contribution >= 4 is 5.78 Å². The van der Waals surface area contributed by atoms with Crippen molar-refractivity contribution in [3.63, 3.8) is 0 Å². The second-order valence-electron chi connectivity index (χ2n) is 3.56. The molecule has 0 bridgehead atoms. The predicted octanol–water partition coefficient (Wildman–Crippen LogP) is 4.25. The van der Waals surface area contributed by atoms with Crippen LogP contribution in [0.15, 0.2) is 72.8 Å². The Balaban J connectivity index is 4.51. The number of hydrogen-bond donors (Lipinski definition) is 0. The van der Waals surface area contributed by atoms with Crippen LogP contribution in [0.4, 0.5) is 0 Å². The minimum Gasteiger partial charge on any atom is -0.458 e. The number of hydrogen-bond acceptors (Lipinski definition) is 2. The van der Waals surface area contributed by atoms with Gasteiger partial charge in [-0.25, -0.2) is 0 Å². The third-order valence-corrected chi connectivity index (χ3v) is 2.02. The summed E-state index contributed by atoms with van der Waals surface area (Å²) in [6.07, 6.45) is 12.5. The van der Waals surface area contributed by atoms with Gasteiger partial charge in [-0.3, -0.25) is 4.79 Å². The summed E-state index contributed by atoms with van der Waals surface area (Å²) in [5.74, 6) is 1.08. The minimum absolute atomic E-state index is 0.0616. The van der Waals surface area contributed by atoms with Crippen LogP contribution in [0.2, 0.25) is 0 Å². The lowest BCUT2D eigenvalue weighted by Crippen LogP contribution is -1.92. The minimum atomic E-state index is -0.0616. The van der Waals surface area contributed by atoms with Crippen LogP contribution >= 0.6 is 0 Å². The van der Waals surface area contributed by atoms with Gasteiger partial charge in [-0.05, 0) is 45.1 Å². The number of ether oxygens (including phenoxy) is 1. The highest BCUT2D eigenvalue weighted by atomic mass is 16.5. The quantitative estimate of drug-likeness (QED) is 0.380. The zero-order valence-corrected chi connectivity index (χ0v) is 11.3. The standard InChI is InChI=1S/C16H20O2/c1-6-8-9-10-14(4)18-16(7-2)12-11-13(3)15(5)17/h6-12H,3-4H2,1-2,5H3/b8-6-,10-9-,12-11-,16-7+. The largest absolute Gasteiger partial charge is 0.458 e. The monoisotopic (exact) mass is 244 g/mol. The van der Waals surface area contributed by atoms with E-state index in [1.54, 1.807) is 24.3 Å². The molecule has 2 heteroatoms. The topological polar surface area (TPSA) is 26.3 Å². The SMILES string of the molecule is C=C(/C=C\C=C/C)OC(/C=C\C(=C)C(C)=O)=C/C. The van der Waals surface area contributed by atoms with Crippen molar-refractivity contribution in [2.75, 3.05) is 0 Å². The van der Waals surface area contributed by atoms with Gasteiger partial charge in [0.1, 0.15) is 11.5 Å². The van der Waals surface area contributed by atoms with E-state index in [4.69, 9.17) is 4.74 Å². The van der Waals surface area contributed by atoms with Gasteiger partial charge in [0.05, 0.1) is 0 Å². The van der Waals surface area contributed by atoms with Crippen LogP contribution < -0.4 is 0 Å². The number of ketones is 1. The van der Waals surface area contributed by atoms with Crippen molar-refractivity contribution in [1.29, 1.82) is 0 Å². The Kier molecular flexibility index (Phi) is 7.95. The maximum absolute atomic E-state index is 11.0. The van der Waals surface area contributed by atoms with Crippen LogP contribution in [0.5, 0.6) is 0 Å². The fraction of sp³-hybridized carbons (Fsp3) is 0.188. The summed E-state index contributed by atoms with van der Waals surface area (Å²) < 4.78 is 5.48. The molecular formula is C16H20O2. The number of allylic oxidation sites excluding steroid dienone is 8. The molecule has 0 spiro atoms. The average molecular weight is 244 g/mol. The second kappa shape index (κ2) is 8.99. The van der Waals surface area contributed by atoms with Gasteiger partial charge in [0.2, 0.25) is 0 Å². The Morgan fingerprint density at radius 2 is 1.72 bits per heavy atom. The maximum atomic E-state index is 11.0. The Morgan fingerprint density at radius 1 is 1.06 bits per heavy atom. The first-order chi connectivity index (χ1) is 8.51. The molecule has 0 aromatic carbocycles. The summed E-state index contributed by atoms with van der Waals surface area (Å²) in [6.45, 7) is 12.7. The number of carbonyl (C=O) groups excluding carboxylic acids is 1. The summed E-state index contributed by atoms with van der Waals surface area (Å²) >= 11 is 0. The third-order valence-electron chi connectivity index (χ3n) is 2.02. The first kappa shape index (κ1) is 15.9. The van der Waals surface area contributed by atoms with Gasteiger partial charge in [0.25, 0.3) is 0 Å².